The van der Waals surface area contributed by atoms with Crippen molar-refractivity contribution in [3.63, 3.8) is 0 Å². The van der Waals surface area contributed by atoms with Gasteiger partial charge >= 0.3 is 0 Å². The van der Waals surface area contributed by atoms with E-state index in [-0.39, 0.29) is 17.4 Å². The highest BCUT2D eigenvalue weighted by molar-refractivity contribution is 7.91. The second-order valence-electron chi connectivity index (χ2n) is 4.38. The van der Waals surface area contributed by atoms with Crippen LogP contribution in [-0.4, -0.2) is 30.6 Å². The summed E-state index contributed by atoms with van der Waals surface area (Å²) < 4.78 is 22.3. The Bertz CT molecular complexity index is 276. The largest absolute Gasteiger partial charge is 0.390 e. The first kappa shape index (κ1) is 9.46. The van der Waals surface area contributed by atoms with Gasteiger partial charge in [0.05, 0.1) is 17.1 Å². The van der Waals surface area contributed by atoms with Crippen LogP contribution in [0, 0.1) is 5.92 Å². The van der Waals surface area contributed by atoms with Crippen molar-refractivity contribution in [3.05, 3.63) is 0 Å². The lowest BCUT2D eigenvalue weighted by atomic mass is 9.69. The SMILES string of the molecule is O=S1(=O)CCC(C2(O)CCC2)CC1. The molecule has 1 saturated carbocycles. The molecule has 1 heterocycles. The van der Waals surface area contributed by atoms with Crippen LogP contribution in [-0.2, 0) is 9.84 Å². The summed E-state index contributed by atoms with van der Waals surface area (Å²) in [7, 11) is -2.77. The van der Waals surface area contributed by atoms with Crippen LogP contribution in [0.25, 0.3) is 0 Å². The Kier molecular flexibility index (Phi) is 2.15. The van der Waals surface area contributed by atoms with Crippen molar-refractivity contribution < 1.29 is 13.5 Å². The van der Waals surface area contributed by atoms with Crippen molar-refractivity contribution in [2.24, 2.45) is 5.92 Å². The molecular formula is C9H16O3S. The lowest BCUT2D eigenvalue weighted by Gasteiger charge is -2.44. The van der Waals surface area contributed by atoms with E-state index in [0.29, 0.717) is 12.8 Å². The Morgan fingerprint density at radius 2 is 1.69 bits per heavy atom. The van der Waals surface area contributed by atoms with Gasteiger partial charge < -0.3 is 5.11 Å². The molecule has 1 saturated heterocycles. The third-order valence-electron chi connectivity index (χ3n) is 3.53. The number of aliphatic hydroxyl groups is 1. The van der Waals surface area contributed by atoms with Crippen molar-refractivity contribution in [1.82, 2.24) is 0 Å². The molecular weight excluding hydrogens is 188 g/mol. The number of sulfone groups is 1. The normalized spacial score (nSPS) is 32.4. The highest BCUT2D eigenvalue weighted by Gasteiger charge is 2.43. The van der Waals surface area contributed by atoms with Crippen LogP contribution in [0.15, 0.2) is 0 Å². The highest BCUT2D eigenvalue weighted by Crippen LogP contribution is 2.42. The van der Waals surface area contributed by atoms with Crippen molar-refractivity contribution in [2.45, 2.75) is 37.7 Å². The minimum atomic E-state index is -2.77. The molecule has 2 fully saturated rings. The van der Waals surface area contributed by atoms with Crippen LogP contribution in [0.2, 0.25) is 0 Å². The van der Waals surface area contributed by atoms with E-state index in [1.807, 2.05) is 0 Å². The monoisotopic (exact) mass is 204 g/mol. The molecule has 1 aliphatic heterocycles. The summed E-state index contributed by atoms with van der Waals surface area (Å²) in [6.07, 6.45) is 4.17. The molecule has 2 aliphatic rings. The van der Waals surface area contributed by atoms with Crippen molar-refractivity contribution >= 4 is 9.84 Å². The molecule has 2 rings (SSSR count). The zero-order chi connectivity index (χ0) is 9.53. The zero-order valence-corrected chi connectivity index (χ0v) is 8.52. The minimum absolute atomic E-state index is 0.241. The molecule has 0 amide bonds. The van der Waals surface area contributed by atoms with E-state index in [1.165, 1.54) is 0 Å². The maximum absolute atomic E-state index is 11.1. The van der Waals surface area contributed by atoms with Crippen molar-refractivity contribution in [3.8, 4) is 0 Å². The van der Waals surface area contributed by atoms with Gasteiger partial charge in [-0.05, 0) is 38.0 Å². The van der Waals surface area contributed by atoms with Gasteiger partial charge in [-0.1, -0.05) is 0 Å². The van der Waals surface area contributed by atoms with Crippen molar-refractivity contribution in [1.29, 1.82) is 0 Å². The van der Waals surface area contributed by atoms with E-state index in [2.05, 4.69) is 0 Å². The Balaban J connectivity index is 1.98. The lowest BCUT2D eigenvalue weighted by Crippen LogP contribution is -2.47. The summed E-state index contributed by atoms with van der Waals surface area (Å²) in [6.45, 7) is 0. The second kappa shape index (κ2) is 2.95. The molecule has 13 heavy (non-hydrogen) atoms. The summed E-state index contributed by atoms with van der Waals surface area (Å²) >= 11 is 0. The third-order valence-corrected chi connectivity index (χ3v) is 5.25. The molecule has 0 radical (unpaired) electrons. The number of rotatable bonds is 1. The molecule has 4 heteroatoms. The standard InChI is InChI=1S/C9H16O3S/c10-9(4-1-5-9)8-2-6-13(11,12)7-3-8/h8,10H,1-7H2. The van der Waals surface area contributed by atoms with Gasteiger partial charge in [0.1, 0.15) is 9.84 Å². The van der Waals surface area contributed by atoms with E-state index in [4.69, 9.17) is 0 Å². The van der Waals surface area contributed by atoms with Gasteiger partial charge in [-0.25, -0.2) is 8.42 Å². The first-order chi connectivity index (χ1) is 6.02. The van der Waals surface area contributed by atoms with Crippen LogP contribution in [0.4, 0.5) is 0 Å². The molecule has 76 valence electrons. The van der Waals surface area contributed by atoms with E-state index in [1.54, 1.807) is 0 Å². The van der Waals surface area contributed by atoms with E-state index < -0.39 is 15.4 Å². The number of hydrogen-bond donors (Lipinski definition) is 1. The Labute approximate surface area is 79.1 Å². The lowest BCUT2D eigenvalue weighted by molar-refractivity contribution is -0.0861. The van der Waals surface area contributed by atoms with Gasteiger partial charge in [-0.2, -0.15) is 0 Å². The van der Waals surface area contributed by atoms with E-state index >= 15 is 0 Å². The molecule has 0 spiro atoms. The fourth-order valence-electron chi connectivity index (χ4n) is 2.37. The summed E-state index contributed by atoms with van der Waals surface area (Å²) in [5.41, 5.74) is -0.504. The smallest absolute Gasteiger partial charge is 0.150 e. The third kappa shape index (κ3) is 1.74. The molecule has 1 N–H and O–H groups in total. The maximum Gasteiger partial charge on any atom is 0.150 e. The van der Waals surface area contributed by atoms with Gasteiger partial charge in [0.25, 0.3) is 0 Å². The minimum Gasteiger partial charge on any atom is -0.390 e. The topological polar surface area (TPSA) is 54.4 Å². The fraction of sp³-hybridized carbons (Fsp3) is 1.00. The van der Waals surface area contributed by atoms with Gasteiger partial charge in [-0.3, -0.25) is 0 Å². The predicted octanol–water partition coefficient (Wildman–Crippen LogP) is 0.726. The van der Waals surface area contributed by atoms with E-state index in [0.717, 1.165) is 19.3 Å². The predicted molar refractivity (Wildman–Crippen MR) is 50.2 cm³/mol. The van der Waals surface area contributed by atoms with E-state index in [9.17, 15) is 13.5 Å². The molecule has 0 bridgehead atoms. The summed E-state index contributed by atoms with van der Waals surface area (Å²) in [5, 5.41) is 10.0. The van der Waals surface area contributed by atoms with Crippen LogP contribution in [0.1, 0.15) is 32.1 Å². The van der Waals surface area contributed by atoms with Crippen LogP contribution in [0.5, 0.6) is 0 Å². The van der Waals surface area contributed by atoms with Gasteiger partial charge in [-0.15, -0.1) is 0 Å². The van der Waals surface area contributed by atoms with Gasteiger partial charge in [0.2, 0.25) is 0 Å². The van der Waals surface area contributed by atoms with Gasteiger partial charge in [0.15, 0.2) is 0 Å². The summed E-state index contributed by atoms with van der Waals surface area (Å²) in [6, 6.07) is 0. The zero-order valence-electron chi connectivity index (χ0n) is 7.70. The summed E-state index contributed by atoms with van der Waals surface area (Å²) in [5.74, 6) is 0.796. The second-order valence-corrected chi connectivity index (χ2v) is 6.69. The Morgan fingerprint density at radius 1 is 1.15 bits per heavy atom. The Hall–Kier alpha value is -0.0900. The van der Waals surface area contributed by atoms with Gasteiger partial charge in [0, 0.05) is 0 Å². The van der Waals surface area contributed by atoms with Crippen LogP contribution in [0.3, 0.4) is 0 Å². The first-order valence-electron chi connectivity index (χ1n) is 4.95. The molecule has 1 aliphatic carbocycles. The number of hydrogen-bond acceptors (Lipinski definition) is 3. The fourth-order valence-corrected chi connectivity index (χ4v) is 3.87. The highest BCUT2D eigenvalue weighted by atomic mass is 32.2. The average molecular weight is 204 g/mol. The average Bonchev–Trinajstić information content (AvgIpc) is 2.00. The maximum atomic E-state index is 11.1. The molecule has 3 nitrogen and oxygen atoms in total. The molecule has 0 aromatic carbocycles. The molecule has 0 aromatic rings. The molecule has 0 atom stereocenters. The molecule has 0 aromatic heterocycles. The van der Waals surface area contributed by atoms with Crippen molar-refractivity contribution in [2.75, 3.05) is 11.5 Å². The van der Waals surface area contributed by atoms with Crippen LogP contribution >= 0.6 is 0 Å². The molecule has 0 unspecified atom stereocenters. The quantitative estimate of drug-likeness (QED) is 0.685. The first-order valence-corrected chi connectivity index (χ1v) is 6.77. The Morgan fingerprint density at radius 3 is 2.08 bits per heavy atom. The van der Waals surface area contributed by atoms with Crippen LogP contribution < -0.4 is 0 Å². The summed E-state index contributed by atoms with van der Waals surface area (Å²) in [4.78, 5) is 0.